The van der Waals surface area contributed by atoms with Crippen LogP contribution >= 0.6 is 0 Å². The smallest absolute Gasteiger partial charge is 0.305 e. The van der Waals surface area contributed by atoms with Gasteiger partial charge in [-0.25, -0.2) is 0 Å². The fourth-order valence-corrected chi connectivity index (χ4v) is 11.6. The Bertz CT molecular complexity index is 1180. The van der Waals surface area contributed by atoms with Crippen LogP contribution in [-0.4, -0.2) is 47.4 Å². The van der Waals surface area contributed by atoms with Gasteiger partial charge in [-0.2, -0.15) is 0 Å². The number of carbonyl (C=O) groups excluding carboxylic acids is 2. The Labute approximate surface area is 489 Å². The van der Waals surface area contributed by atoms with Gasteiger partial charge >= 0.3 is 5.97 Å². The van der Waals surface area contributed by atoms with Gasteiger partial charge in [0, 0.05) is 12.8 Å². The van der Waals surface area contributed by atoms with Crippen LogP contribution < -0.4 is 5.32 Å². The second kappa shape index (κ2) is 68.1. The number of unbranched alkanes of at least 4 members (excludes halogenated alkanes) is 57. The highest BCUT2D eigenvalue weighted by atomic mass is 16.5. The van der Waals surface area contributed by atoms with Gasteiger partial charge < -0.3 is 20.3 Å². The topological polar surface area (TPSA) is 95.9 Å². The lowest BCUT2D eigenvalue weighted by Crippen LogP contribution is -2.45. The molecule has 464 valence electrons. The summed E-state index contributed by atoms with van der Waals surface area (Å²) in [5.74, 6) is -0.0365. The molecule has 0 aromatic carbocycles. The summed E-state index contributed by atoms with van der Waals surface area (Å²) >= 11 is 0. The highest BCUT2D eigenvalue weighted by Crippen LogP contribution is 2.19. The van der Waals surface area contributed by atoms with E-state index in [1.54, 1.807) is 6.08 Å². The highest BCUT2D eigenvalue weighted by molar-refractivity contribution is 5.76. The number of hydrogen-bond acceptors (Lipinski definition) is 5. The van der Waals surface area contributed by atoms with E-state index in [9.17, 15) is 19.8 Å². The fourth-order valence-electron chi connectivity index (χ4n) is 11.6. The van der Waals surface area contributed by atoms with Crippen molar-refractivity contribution in [3.05, 3.63) is 12.2 Å². The number of rotatable bonds is 68. The number of hydrogen-bond donors (Lipinski definition) is 3. The Kier molecular flexibility index (Phi) is 66.9. The molecule has 2 unspecified atom stereocenters. The maximum atomic E-state index is 12.4. The van der Waals surface area contributed by atoms with Crippen LogP contribution in [0.25, 0.3) is 0 Å². The zero-order valence-corrected chi connectivity index (χ0v) is 53.2. The normalized spacial score (nSPS) is 12.5. The second-order valence-electron chi connectivity index (χ2n) is 24.9. The molecule has 2 atom stereocenters. The van der Waals surface area contributed by atoms with Crippen LogP contribution in [0.3, 0.4) is 0 Å². The Hall–Kier alpha value is -1.40. The number of aliphatic hydroxyl groups excluding tert-OH is 2. The first-order chi connectivity index (χ1) is 38.5. The molecule has 0 saturated carbocycles. The summed E-state index contributed by atoms with van der Waals surface area (Å²) in [6, 6.07) is -0.620. The first-order valence-electron chi connectivity index (χ1n) is 36.0. The summed E-state index contributed by atoms with van der Waals surface area (Å²) in [6.07, 6.45) is 84.8. The van der Waals surface area contributed by atoms with Gasteiger partial charge in [0.05, 0.1) is 25.4 Å². The molecule has 0 aliphatic rings. The summed E-state index contributed by atoms with van der Waals surface area (Å²) in [5, 5.41) is 23.0. The van der Waals surface area contributed by atoms with Crippen LogP contribution in [0.1, 0.15) is 412 Å². The summed E-state index contributed by atoms with van der Waals surface area (Å²) in [4.78, 5) is 24.5. The second-order valence-corrected chi connectivity index (χ2v) is 24.9. The lowest BCUT2D eigenvalue weighted by atomic mass is 10.0. The molecule has 0 bridgehead atoms. The van der Waals surface area contributed by atoms with Gasteiger partial charge in [-0.15, -0.1) is 0 Å². The van der Waals surface area contributed by atoms with Crippen LogP contribution in [0.15, 0.2) is 12.2 Å². The number of esters is 1. The molecule has 0 aliphatic heterocycles. The molecule has 0 saturated heterocycles. The lowest BCUT2D eigenvalue weighted by molar-refractivity contribution is -0.143. The quantitative estimate of drug-likeness (QED) is 0.0320. The van der Waals surface area contributed by atoms with E-state index in [0.717, 1.165) is 38.5 Å². The number of carbonyl (C=O) groups is 2. The Morgan fingerprint density at radius 2 is 0.590 bits per heavy atom. The van der Waals surface area contributed by atoms with Crippen LogP contribution in [-0.2, 0) is 14.3 Å². The summed E-state index contributed by atoms with van der Waals surface area (Å²) < 4.78 is 5.49. The number of ether oxygens (including phenoxy) is 1. The van der Waals surface area contributed by atoms with E-state index in [1.807, 2.05) is 6.08 Å². The van der Waals surface area contributed by atoms with Crippen LogP contribution in [0, 0.1) is 0 Å². The van der Waals surface area contributed by atoms with Gasteiger partial charge in [0.1, 0.15) is 0 Å². The predicted molar refractivity (Wildman–Crippen MR) is 343 cm³/mol. The minimum Gasteiger partial charge on any atom is -0.466 e. The third-order valence-corrected chi connectivity index (χ3v) is 17.1. The maximum absolute atomic E-state index is 12.4. The molecule has 0 rings (SSSR count). The predicted octanol–water partition coefficient (Wildman–Crippen LogP) is 23.1. The fraction of sp³-hybridized carbons (Fsp3) is 0.944. The van der Waals surface area contributed by atoms with Gasteiger partial charge in [0.15, 0.2) is 0 Å². The average Bonchev–Trinajstić information content (AvgIpc) is 3.44. The molecule has 0 spiro atoms. The largest absolute Gasteiger partial charge is 0.466 e. The van der Waals surface area contributed by atoms with Gasteiger partial charge in [0.25, 0.3) is 0 Å². The Morgan fingerprint density at radius 3 is 0.872 bits per heavy atom. The van der Waals surface area contributed by atoms with E-state index in [1.165, 1.54) is 347 Å². The van der Waals surface area contributed by atoms with Gasteiger partial charge in [-0.1, -0.05) is 379 Å². The molecule has 78 heavy (non-hydrogen) atoms. The number of allylic oxidation sites excluding steroid dienone is 1. The Morgan fingerprint density at radius 1 is 0.346 bits per heavy atom. The lowest BCUT2D eigenvalue weighted by Gasteiger charge is -2.20. The van der Waals surface area contributed by atoms with Crippen LogP contribution in [0.5, 0.6) is 0 Å². The van der Waals surface area contributed by atoms with Crippen molar-refractivity contribution in [1.29, 1.82) is 0 Å². The molecule has 0 aromatic heterocycles. The number of nitrogens with one attached hydrogen (secondary N) is 1. The minimum atomic E-state index is -0.837. The standard InChI is InChI=1S/C72H141NO5/c1-3-5-7-9-11-13-15-46-50-54-58-62-66-72(77)78-67-63-59-55-51-47-44-42-40-38-36-34-32-30-28-26-24-22-20-18-16-17-19-21-23-25-27-29-31-33-35-37-39-41-43-45-49-53-57-61-65-71(76)73-69(68-74)70(75)64-60-56-52-48-14-12-10-8-6-4-2/h60,64,69-70,74-75H,3-59,61-63,65-68H2,1-2H3,(H,73,76)/b64-60+. The van der Waals surface area contributed by atoms with E-state index in [4.69, 9.17) is 4.74 Å². The third kappa shape index (κ3) is 63.8. The molecule has 0 radical (unpaired) electrons. The van der Waals surface area contributed by atoms with E-state index < -0.39 is 12.1 Å². The highest BCUT2D eigenvalue weighted by Gasteiger charge is 2.18. The van der Waals surface area contributed by atoms with Crippen molar-refractivity contribution >= 4 is 11.9 Å². The maximum Gasteiger partial charge on any atom is 0.305 e. The minimum absolute atomic E-state index is 0.0252. The molecular weight excluding hydrogens is 959 g/mol. The molecular formula is C72H141NO5. The first-order valence-corrected chi connectivity index (χ1v) is 36.0. The molecule has 0 aliphatic carbocycles. The van der Waals surface area contributed by atoms with Crippen molar-refractivity contribution in [2.75, 3.05) is 13.2 Å². The monoisotopic (exact) mass is 1100 g/mol. The van der Waals surface area contributed by atoms with Crippen molar-refractivity contribution < 1.29 is 24.5 Å². The first kappa shape index (κ1) is 76.6. The van der Waals surface area contributed by atoms with E-state index in [2.05, 4.69) is 19.2 Å². The van der Waals surface area contributed by atoms with Gasteiger partial charge in [0.2, 0.25) is 5.91 Å². The zero-order chi connectivity index (χ0) is 56.4. The van der Waals surface area contributed by atoms with E-state index >= 15 is 0 Å². The molecule has 6 heteroatoms. The van der Waals surface area contributed by atoms with Crippen molar-refractivity contribution in [2.45, 2.75) is 424 Å². The SMILES string of the molecule is CCCCCCCCCC/C=C/C(O)C(CO)NC(=O)CCCCCCCCCCCCCCCCCCCCCCCCCCCCCCCCCCCCCCCCCOC(=O)CCCCCCCCCCCCCC. The Balaban J connectivity index is 3.26. The van der Waals surface area contributed by atoms with Crippen LogP contribution in [0.2, 0.25) is 0 Å². The van der Waals surface area contributed by atoms with Gasteiger partial charge in [-0.05, 0) is 32.1 Å². The van der Waals surface area contributed by atoms with Crippen molar-refractivity contribution in [1.82, 2.24) is 5.32 Å². The molecule has 3 N–H and O–H groups in total. The molecule has 0 fully saturated rings. The third-order valence-electron chi connectivity index (χ3n) is 17.1. The summed E-state index contributed by atoms with van der Waals surface area (Å²) in [6.45, 7) is 4.92. The summed E-state index contributed by atoms with van der Waals surface area (Å²) in [5.41, 5.74) is 0. The van der Waals surface area contributed by atoms with Crippen molar-refractivity contribution in [3.8, 4) is 0 Å². The number of aliphatic hydroxyl groups is 2. The van der Waals surface area contributed by atoms with Gasteiger partial charge in [-0.3, -0.25) is 9.59 Å². The average molecular weight is 1100 g/mol. The van der Waals surface area contributed by atoms with Crippen LogP contribution in [0.4, 0.5) is 0 Å². The number of amides is 1. The zero-order valence-electron chi connectivity index (χ0n) is 53.2. The summed E-state index contributed by atoms with van der Waals surface area (Å²) in [7, 11) is 0. The van der Waals surface area contributed by atoms with Crippen molar-refractivity contribution in [2.24, 2.45) is 0 Å². The van der Waals surface area contributed by atoms with E-state index in [-0.39, 0.29) is 18.5 Å². The molecule has 1 amide bonds. The molecule has 0 heterocycles. The molecule has 6 nitrogen and oxygen atoms in total. The van der Waals surface area contributed by atoms with Crippen molar-refractivity contribution in [3.63, 3.8) is 0 Å². The van der Waals surface area contributed by atoms with E-state index in [0.29, 0.717) is 19.4 Å². The molecule has 0 aromatic rings.